The lowest BCUT2D eigenvalue weighted by Crippen LogP contribution is -2.20. The number of unbranched alkanes of at least 4 members (excludes halogenated alkanes) is 3. The predicted octanol–water partition coefficient (Wildman–Crippen LogP) is 3.59. The summed E-state index contributed by atoms with van der Waals surface area (Å²) in [6, 6.07) is 0. The highest BCUT2D eigenvalue weighted by molar-refractivity contribution is 5.05. The number of aliphatic hydroxyl groups is 2. The molecule has 1 aliphatic carbocycles. The topological polar surface area (TPSA) is 40.5 Å². The minimum atomic E-state index is -0.260. The average molecular weight is 252 g/mol. The second-order valence-electron chi connectivity index (χ2n) is 5.27. The van der Waals surface area contributed by atoms with Gasteiger partial charge >= 0.3 is 0 Å². The summed E-state index contributed by atoms with van der Waals surface area (Å²) in [5, 5.41) is 18.6. The SMILES string of the molecule is OCCCCC/C=C/C=C/C(O)C1CCCCC1. The quantitative estimate of drug-likeness (QED) is 0.512. The summed E-state index contributed by atoms with van der Waals surface area (Å²) >= 11 is 0. The molecule has 0 aliphatic heterocycles. The van der Waals surface area contributed by atoms with Gasteiger partial charge in [0.15, 0.2) is 0 Å². The van der Waals surface area contributed by atoms with Crippen LogP contribution < -0.4 is 0 Å². The van der Waals surface area contributed by atoms with E-state index in [1.54, 1.807) is 0 Å². The molecule has 0 spiro atoms. The van der Waals surface area contributed by atoms with Crippen LogP contribution in [0.4, 0.5) is 0 Å². The number of rotatable bonds is 8. The van der Waals surface area contributed by atoms with Gasteiger partial charge in [0.05, 0.1) is 6.10 Å². The van der Waals surface area contributed by atoms with Gasteiger partial charge in [0.2, 0.25) is 0 Å². The molecule has 1 fully saturated rings. The van der Waals surface area contributed by atoms with E-state index in [0.29, 0.717) is 12.5 Å². The molecule has 1 rings (SSSR count). The van der Waals surface area contributed by atoms with Crippen molar-refractivity contribution in [1.82, 2.24) is 0 Å². The molecule has 0 aromatic carbocycles. The fourth-order valence-corrected chi connectivity index (χ4v) is 2.54. The largest absolute Gasteiger partial charge is 0.396 e. The van der Waals surface area contributed by atoms with Crippen LogP contribution in [-0.2, 0) is 0 Å². The molecule has 0 radical (unpaired) electrons. The number of allylic oxidation sites excluding steroid dienone is 3. The van der Waals surface area contributed by atoms with Crippen LogP contribution in [0.25, 0.3) is 0 Å². The summed E-state index contributed by atoms with van der Waals surface area (Å²) in [5.74, 6) is 0.480. The Hall–Kier alpha value is -0.600. The van der Waals surface area contributed by atoms with Gasteiger partial charge in [0.1, 0.15) is 0 Å². The Kier molecular flexibility index (Phi) is 8.87. The highest BCUT2D eigenvalue weighted by Gasteiger charge is 2.18. The summed E-state index contributed by atoms with van der Waals surface area (Å²) in [7, 11) is 0. The van der Waals surface area contributed by atoms with Crippen molar-refractivity contribution in [2.24, 2.45) is 5.92 Å². The molecule has 0 bridgehead atoms. The van der Waals surface area contributed by atoms with Crippen molar-refractivity contribution in [2.75, 3.05) is 6.61 Å². The minimum absolute atomic E-state index is 0.260. The maximum atomic E-state index is 10.00. The molecule has 0 saturated heterocycles. The lowest BCUT2D eigenvalue weighted by atomic mass is 9.85. The molecule has 0 amide bonds. The van der Waals surface area contributed by atoms with Crippen molar-refractivity contribution in [3.05, 3.63) is 24.3 Å². The van der Waals surface area contributed by atoms with E-state index in [1.807, 2.05) is 18.2 Å². The summed E-state index contributed by atoms with van der Waals surface area (Å²) in [6.45, 7) is 0.303. The van der Waals surface area contributed by atoms with Crippen molar-refractivity contribution in [3.8, 4) is 0 Å². The van der Waals surface area contributed by atoms with Gasteiger partial charge in [-0.3, -0.25) is 0 Å². The zero-order valence-corrected chi connectivity index (χ0v) is 11.4. The summed E-state index contributed by atoms with van der Waals surface area (Å²) in [5.41, 5.74) is 0. The van der Waals surface area contributed by atoms with Crippen LogP contribution in [0.2, 0.25) is 0 Å². The standard InChI is InChI=1S/C16H28O2/c17-14-10-5-3-1-2-4-9-13-16(18)15-11-7-6-8-12-15/h2,4,9,13,15-18H,1,3,5-8,10-12,14H2/b4-2+,13-9+. The van der Waals surface area contributed by atoms with Crippen molar-refractivity contribution in [1.29, 1.82) is 0 Å². The zero-order valence-electron chi connectivity index (χ0n) is 11.4. The van der Waals surface area contributed by atoms with Gasteiger partial charge in [0.25, 0.3) is 0 Å². The fraction of sp³-hybridized carbons (Fsp3) is 0.750. The van der Waals surface area contributed by atoms with Crippen LogP contribution in [0.15, 0.2) is 24.3 Å². The second kappa shape index (κ2) is 10.3. The van der Waals surface area contributed by atoms with Gasteiger partial charge in [-0.2, -0.15) is 0 Å². The Labute approximate surface area is 111 Å². The van der Waals surface area contributed by atoms with Crippen molar-refractivity contribution < 1.29 is 10.2 Å². The summed E-state index contributed by atoms with van der Waals surface area (Å²) in [6.07, 6.45) is 18.3. The van der Waals surface area contributed by atoms with E-state index in [1.165, 1.54) is 32.1 Å². The minimum Gasteiger partial charge on any atom is -0.396 e. The van der Waals surface area contributed by atoms with Crippen LogP contribution >= 0.6 is 0 Å². The third-order valence-corrected chi connectivity index (χ3v) is 3.72. The van der Waals surface area contributed by atoms with Gasteiger partial charge in [0, 0.05) is 6.61 Å². The van der Waals surface area contributed by atoms with E-state index in [4.69, 9.17) is 5.11 Å². The number of hydrogen-bond acceptors (Lipinski definition) is 2. The van der Waals surface area contributed by atoms with E-state index in [0.717, 1.165) is 25.7 Å². The first kappa shape index (κ1) is 15.5. The summed E-state index contributed by atoms with van der Waals surface area (Å²) < 4.78 is 0. The van der Waals surface area contributed by atoms with Gasteiger partial charge in [-0.15, -0.1) is 0 Å². The lowest BCUT2D eigenvalue weighted by molar-refractivity contribution is 0.125. The predicted molar refractivity (Wildman–Crippen MR) is 76.4 cm³/mol. The van der Waals surface area contributed by atoms with E-state index in [2.05, 4.69) is 6.08 Å². The highest BCUT2D eigenvalue weighted by atomic mass is 16.3. The van der Waals surface area contributed by atoms with Crippen LogP contribution in [0.5, 0.6) is 0 Å². The third-order valence-electron chi connectivity index (χ3n) is 3.72. The van der Waals surface area contributed by atoms with Crippen LogP contribution in [-0.4, -0.2) is 22.9 Å². The Balaban J connectivity index is 2.08. The van der Waals surface area contributed by atoms with E-state index in [9.17, 15) is 5.11 Å². The number of hydrogen-bond donors (Lipinski definition) is 2. The van der Waals surface area contributed by atoms with Crippen LogP contribution in [0, 0.1) is 5.92 Å². The molecule has 1 unspecified atom stereocenters. The first-order valence-corrected chi connectivity index (χ1v) is 7.47. The van der Waals surface area contributed by atoms with Crippen molar-refractivity contribution in [3.63, 3.8) is 0 Å². The molecule has 0 aromatic rings. The molecule has 1 saturated carbocycles. The van der Waals surface area contributed by atoms with Crippen molar-refractivity contribution in [2.45, 2.75) is 63.9 Å². The molecule has 0 heterocycles. The molecule has 2 N–H and O–H groups in total. The van der Waals surface area contributed by atoms with Gasteiger partial charge in [-0.05, 0) is 38.0 Å². The Morgan fingerprint density at radius 1 is 1.00 bits per heavy atom. The zero-order chi connectivity index (χ0) is 13.1. The molecule has 0 aromatic heterocycles. The molecule has 104 valence electrons. The molecular formula is C16H28O2. The maximum absolute atomic E-state index is 10.00. The Morgan fingerprint density at radius 2 is 1.78 bits per heavy atom. The first-order valence-electron chi connectivity index (χ1n) is 7.47. The molecule has 1 atom stereocenters. The summed E-state index contributed by atoms with van der Waals surface area (Å²) in [4.78, 5) is 0. The van der Waals surface area contributed by atoms with Gasteiger partial charge < -0.3 is 10.2 Å². The van der Waals surface area contributed by atoms with Crippen molar-refractivity contribution >= 4 is 0 Å². The van der Waals surface area contributed by atoms with Crippen LogP contribution in [0.3, 0.4) is 0 Å². The maximum Gasteiger partial charge on any atom is 0.0752 e. The molecule has 2 heteroatoms. The van der Waals surface area contributed by atoms with Gasteiger partial charge in [-0.25, -0.2) is 0 Å². The Bertz CT molecular complexity index is 239. The Morgan fingerprint density at radius 3 is 2.50 bits per heavy atom. The monoisotopic (exact) mass is 252 g/mol. The number of aliphatic hydroxyl groups excluding tert-OH is 2. The van der Waals surface area contributed by atoms with Crippen LogP contribution in [0.1, 0.15) is 57.8 Å². The average Bonchev–Trinajstić information content (AvgIpc) is 2.42. The van der Waals surface area contributed by atoms with E-state index >= 15 is 0 Å². The molecular weight excluding hydrogens is 224 g/mol. The van der Waals surface area contributed by atoms with E-state index < -0.39 is 0 Å². The smallest absolute Gasteiger partial charge is 0.0752 e. The third kappa shape index (κ3) is 6.97. The molecule has 1 aliphatic rings. The van der Waals surface area contributed by atoms with Gasteiger partial charge in [-0.1, -0.05) is 50.0 Å². The lowest BCUT2D eigenvalue weighted by Gasteiger charge is -2.24. The normalized spacial score (nSPS) is 19.9. The highest BCUT2D eigenvalue weighted by Crippen LogP contribution is 2.26. The van der Waals surface area contributed by atoms with E-state index in [-0.39, 0.29) is 6.10 Å². The molecule has 2 nitrogen and oxygen atoms in total. The fourth-order valence-electron chi connectivity index (χ4n) is 2.54. The second-order valence-corrected chi connectivity index (χ2v) is 5.27. The first-order chi connectivity index (χ1) is 8.84. The molecule has 18 heavy (non-hydrogen) atoms.